The smallest absolute Gasteiger partial charge is 0.101 e. The number of hydrogen-bond acceptors (Lipinski definition) is 2. The van der Waals surface area contributed by atoms with Crippen molar-refractivity contribution in [1.29, 1.82) is 5.26 Å². The first-order chi connectivity index (χ1) is 9.76. The molecule has 0 aliphatic rings. The highest BCUT2D eigenvalue weighted by molar-refractivity contribution is 6.30. The van der Waals surface area contributed by atoms with Crippen LogP contribution in [-0.2, 0) is 0 Å². The van der Waals surface area contributed by atoms with Crippen LogP contribution in [0.2, 0.25) is 5.02 Å². The summed E-state index contributed by atoms with van der Waals surface area (Å²) in [5, 5.41) is 9.92. The van der Waals surface area contributed by atoms with Gasteiger partial charge < -0.3 is 4.90 Å². The van der Waals surface area contributed by atoms with Crippen LogP contribution in [0.25, 0.3) is 0 Å². The molecule has 0 N–H and O–H groups in total. The Morgan fingerprint density at radius 3 is 2.55 bits per heavy atom. The first-order valence-electron chi connectivity index (χ1n) is 6.78. The molecule has 102 valence electrons. The molecule has 3 heteroatoms. The Morgan fingerprint density at radius 1 is 1.15 bits per heavy atom. The summed E-state index contributed by atoms with van der Waals surface area (Å²) in [4.78, 5) is 2.18. The van der Waals surface area contributed by atoms with Crippen molar-refractivity contribution in [2.45, 2.75) is 19.8 Å². The Labute approximate surface area is 125 Å². The van der Waals surface area contributed by atoms with E-state index in [0.717, 1.165) is 30.8 Å². The van der Waals surface area contributed by atoms with E-state index in [-0.39, 0.29) is 0 Å². The van der Waals surface area contributed by atoms with E-state index >= 15 is 0 Å². The Kier molecular flexibility index (Phi) is 5.03. The second kappa shape index (κ2) is 6.98. The van der Waals surface area contributed by atoms with E-state index in [2.05, 4.69) is 30.0 Å². The Morgan fingerprint density at radius 2 is 1.90 bits per heavy atom. The number of hydrogen-bond donors (Lipinski definition) is 0. The molecule has 2 rings (SSSR count). The van der Waals surface area contributed by atoms with Crippen LogP contribution < -0.4 is 4.90 Å². The van der Waals surface area contributed by atoms with Crippen LogP contribution in [0.5, 0.6) is 0 Å². The van der Waals surface area contributed by atoms with Crippen LogP contribution in [0, 0.1) is 11.3 Å². The second-order valence-corrected chi connectivity index (χ2v) is 5.05. The largest absolute Gasteiger partial charge is 0.340 e. The topological polar surface area (TPSA) is 27.0 Å². The number of para-hydroxylation sites is 1. The summed E-state index contributed by atoms with van der Waals surface area (Å²) in [6.45, 7) is 3.05. The highest BCUT2D eigenvalue weighted by atomic mass is 35.5. The van der Waals surface area contributed by atoms with Crippen LogP contribution in [0.4, 0.5) is 11.4 Å². The molecule has 0 spiro atoms. The van der Waals surface area contributed by atoms with Gasteiger partial charge in [-0.1, -0.05) is 43.1 Å². The maximum atomic E-state index is 9.33. The van der Waals surface area contributed by atoms with Gasteiger partial charge in [0.2, 0.25) is 0 Å². The molecule has 0 saturated carbocycles. The third-order valence-corrected chi connectivity index (χ3v) is 3.41. The monoisotopic (exact) mass is 284 g/mol. The fourth-order valence-corrected chi connectivity index (χ4v) is 2.32. The van der Waals surface area contributed by atoms with Gasteiger partial charge in [-0.3, -0.25) is 0 Å². The molecule has 0 aromatic heterocycles. The highest BCUT2D eigenvalue weighted by Gasteiger charge is 2.13. The maximum absolute atomic E-state index is 9.33. The summed E-state index contributed by atoms with van der Waals surface area (Å²) in [6.07, 6.45) is 2.18. The summed E-state index contributed by atoms with van der Waals surface area (Å²) < 4.78 is 0. The van der Waals surface area contributed by atoms with Gasteiger partial charge in [0.05, 0.1) is 11.3 Å². The molecule has 0 bridgehead atoms. The highest BCUT2D eigenvalue weighted by Crippen LogP contribution is 2.30. The Bertz CT molecular complexity index is 602. The van der Waals surface area contributed by atoms with Gasteiger partial charge in [-0.15, -0.1) is 0 Å². The van der Waals surface area contributed by atoms with Crippen LogP contribution in [0.3, 0.4) is 0 Å². The van der Waals surface area contributed by atoms with Gasteiger partial charge >= 0.3 is 0 Å². The van der Waals surface area contributed by atoms with Gasteiger partial charge in [0.15, 0.2) is 0 Å². The molecule has 2 aromatic carbocycles. The molecule has 0 saturated heterocycles. The standard InChI is InChI=1S/C17H17ClN2/c1-2-3-11-20(16-7-5-4-6-8-16)17-10-9-15(18)12-14(17)13-19/h4-10,12H,2-3,11H2,1H3. The maximum Gasteiger partial charge on any atom is 0.101 e. The minimum absolute atomic E-state index is 0.591. The molecule has 0 fully saturated rings. The molecule has 0 atom stereocenters. The lowest BCUT2D eigenvalue weighted by Crippen LogP contribution is -2.19. The summed E-state index contributed by atoms with van der Waals surface area (Å²) in [5.74, 6) is 0. The minimum Gasteiger partial charge on any atom is -0.340 e. The number of halogens is 1. The SMILES string of the molecule is CCCCN(c1ccccc1)c1ccc(Cl)cc1C#N. The fourth-order valence-electron chi connectivity index (χ4n) is 2.15. The summed E-state index contributed by atoms with van der Waals surface area (Å²) in [7, 11) is 0. The van der Waals surface area contributed by atoms with Crippen molar-refractivity contribution in [3.63, 3.8) is 0 Å². The van der Waals surface area contributed by atoms with Gasteiger partial charge in [-0.05, 0) is 36.8 Å². The predicted molar refractivity (Wildman–Crippen MR) is 84.5 cm³/mol. The van der Waals surface area contributed by atoms with Crippen molar-refractivity contribution in [3.8, 4) is 6.07 Å². The molecule has 0 radical (unpaired) electrons. The number of rotatable bonds is 5. The number of nitrogens with zero attached hydrogens (tertiary/aromatic N) is 2. The van der Waals surface area contributed by atoms with E-state index in [1.54, 1.807) is 6.07 Å². The average molecular weight is 285 g/mol. The molecule has 0 aliphatic carbocycles. The fraction of sp³-hybridized carbons (Fsp3) is 0.235. The summed E-state index contributed by atoms with van der Waals surface area (Å²) >= 11 is 5.98. The lowest BCUT2D eigenvalue weighted by atomic mass is 10.1. The van der Waals surface area contributed by atoms with Crippen molar-refractivity contribution >= 4 is 23.0 Å². The third kappa shape index (κ3) is 3.31. The molecular weight excluding hydrogens is 268 g/mol. The molecule has 2 aromatic rings. The number of anilines is 2. The molecule has 2 nitrogen and oxygen atoms in total. The quantitative estimate of drug-likeness (QED) is 0.759. The zero-order valence-corrected chi connectivity index (χ0v) is 12.3. The van der Waals surface area contributed by atoms with E-state index < -0.39 is 0 Å². The number of unbranched alkanes of at least 4 members (excludes halogenated alkanes) is 1. The normalized spacial score (nSPS) is 10.1. The van der Waals surface area contributed by atoms with Crippen molar-refractivity contribution in [3.05, 3.63) is 59.1 Å². The molecule has 20 heavy (non-hydrogen) atoms. The van der Waals surface area contributed by atoms with E-state index in [0.29, 0.717) is 10.6 Å². The minimum atomic E-state index is 0.591. The van der Waals surface area contributed by atoms with Crippen LogP contribution in [0.15, 0.2) is 48.5 Å². The molecule has 0 heterocycles. The van der Waals surface area contributed by atoms with E-state index in [1.165, 1.54) is 0 Å². The van der Waals surface area contributed by atoms with Gasteiger partial charge in [0, 0.05) is 17.3 Å². The lowest BCUT2D eigenvalue weighted by molar-refractivity contribution is 0.785. The van der Waals surface area contributed by atoms with Crippen molar-refractivity contribution in [2.24, 2.45) is 0 Å². The van der Waals surface area contributed by atoms with Crippen molar-refractivity contribution in [2.75, 3.05) is 11.4 Å². The van der Waals surface area contributed by atoms with E-state index in [9.17, 15) is 5.26 Å². The third-order valence-electron chi connectivity index (χ3n) is 3.17. The number of nitriles is 1. The predicted octanol–water partition coefficient (Wildman–Crippen LogP) is 5.15. The average Bonchev–Trinajstić information content (AvgIpc) is 2.49. The Balaban J connectivity index is 2.44. The second-order valence-electron chi connectivity index (χ2n) is 4.61. The van der Waals surface area contributed by atoms with Crippen LogP contribution >= 0.6 is 11.6 Å². The Hall–Kier alpha value is -1.98. The number of benzene rings is 2. The molecule has 0 aliphatic heterocycles. The van der Waals surface area contributed by atoms with Crippen molar-refractivity contribution in [1.82, 2.24) is 0 Å². The summed E-state index contributed by atoms with van der Waals surface area (Å²) in [6, 6.07) is 17.8. The van der Waals surface area contributed by atoms with Crippen LogP contribution in [0.1, 0.15) is 25.3 Å². The van der Waals surface area contributed by atoms with E-state index in [4.69, 9.17) is 11.6 Å². The lowest BCUT2D eigenvalue weighted by Gasteiger charge is -2.26. The first kappa shape index (κ1) is 14.4. The van der Waals surface area contributed by atoms with Gasteiger partial charge in [0.25, 0.3) is 0 Å². The zero-order chi connectivity index (χ0) is 14.4. The van der Waals surface area contributed by atoms with Gasteiger partial charge in [0.1, 0.15) is 6.07 Å². The van der Waals surface area contributed by atoms with Gasteiger partial charge in [-0.25, -0.2) is 0 Å². The van der Waals surface area contributed by atoms with E-state index in [1.807, 2.05) is 30.3 Å². The van der Waals surface area contributed by atoms with Crippen LogP contribution in [-0.4, -0.2) is 6.54 Å². The van der Waals surface area contributed by atoms with Gasteiger partial charge in [-0.2, -0.15) is 5.26 Å². The first-order valence-corrected chi connectivity index (χ1v) is 7.16. The molecule has 0 unspecified atom stereocenters. The molecular formula is C17H17ClN2. The zero-order valence-electron chi connectivity index (χ0n) is 11.5. The summed E-state index contributed by atoms with van der Waals surface area (Å²) in [5.41, 5.74) is 2.62. The molecule has 0 amide bonds. The van der Waals surface area contributed by atoms with Crippen molar-refractivity contribution < 1.29 is 0 Å².